The monoisotopic (exact) mass is 408 g/mol. The van der Waals surface area contributed by atoms with Gasteiger partial charge in [-0.25, -0.2) is 8.78 Å². The number of fused-ring (bicyclic) bond motifs is 1. The summed E-state index contributed by atoms with van der Waals surface area (Å²) in [4.78, 5) is 16.2. The predicted molar refractivity (Wildman–Crippen MR) is 108 cm³/mol. The summed E-state index contributed by atoms with van der Waals surface area (Å²) in [6.07, 6.45) is 0. The number of aromatic nitrogens is 4. The summed E-state index contributed by atoms with van der Waals surface area (Å²) in [5.74, 6) is -0.987. The molecule has 0 unspecified atom stereocenters. The van der Waals surface area contributed by atoms with Crippen LogP contribution in [-0.2, 0) is 6.54 Å². The lowest BCUT2D eigenvalue weighted by Crippen LogP contribution is -2.12. The van der Waals surface area contributed by atoms with Crippen LogP contribution in [0.5, 0.6) is 0 Å². The molecule has 2 heterocycles. The standard InChI is InChI=1S/C21H18F2N6O/c1-11-6-16-17(19(24)30)8-15(23)9-18(16)29(11)21-26-20(12(2)27-28-21)25-10-13-4-3-5-14(22)7-13/h3-9H,10H2,1-2H3,(H2,24,30)(H,25,26,28). The highest BCUT2D eigenvalue weighted by Gasteiger charge is 2.18. The predicted octanol–water partition coefficient (Wildman–Crippen LogP) is 3.42. The van der Waals surface area contributed by atoms with Crippen molar-refractivity contribution in [1.82, 2.24) is 19.7 Å². The Bertz CT molecular complexity index is 1280. The zero-order chi connectivity index (χ0) is 21.4. The van der Waals surface area contributed by atoms with E-state index in [0.717, 1.165) is 11.6 Å². The second-order valence-corrected chi connectivity index (χ2v) is 6.90. The van der Waals surface area contributed by atoms with Crippen LogP contribution in [0.3, 0.4) is 0 Å². The molecule has 0 fully saturated rings. The number of nitrogens with two attached hydrogens (primary N) is 1. The number of nitrogens with zero attached hydrogens (tertiary/aromatic N) is 4. The molecule has 0 atom stereocenters. The lowest BCUT2D eigenvalue weighted by Gasteiger charge is -2.11. The van der Waals surface area contributed by atoms with Crippen molar-refractivity contribution in [2.45, 2.75) is 20.4 Å². The van der Waals surface area contributed by atoms with Gasteiger partial charge >= 0.3 is 0 Å². The summed E-state index contributed by atoms with van der Waals surface area (Å²) in [6, 6.07) is 10.3. The second kappa shape index (κ2) is 7.51. The molecule has 2 aromatic carbocycles. The number of benzene rings is 2. The van der Waals surface area contributed by atoms with Crippen LogP contribution in [0, 0.1) is 25.5 Å². The number of hydrogen-bond acceptors (Lipinski definition) is 5. The summed E-state index contributed by atoms with van der Waals surface area (Å²) < 4.78 is 29.1. The number of hydrogen-bond donors (Lipinski definition) is 2. The molecule has 0 saturated heterocycles. The summed E-state index contributed by atoms with van der Waals surface area (Å²) in [7, 11) is 0. The van der Waals surface area contributed by atoms with Crippen LogP contribution in [0.2, 0.25) is 0 Å². The zero-order valence-corrected chi connectivity index (χ0v) is 16.3. The highest BCUT2D eigenvalue weighted by molar-refractivity contribution is 6.06. The molecule has 0 radical (unpaired) electrons. The van der Waals surface area contributed by atoms with Crippen molar-refractivity contribution >= 4 is 22.6 Å². The third-order valence-corrected chi connectivity index (χ3v) is 4.73. The highest BCUT2D eigenvalue weighted by Crippen LogP contribution is 2.27. The van der Waals surface area contributed by atoms with Gasteiger partial charge in [-0.2, -0.15) is 4.98 Å². The first-order valence-corrected chi connectivity index (χ1v) is 9.15. The minimum atomic E-state index is -0.725. The van der Waals surface area contributed by atoms with Gasteiger partial charge in [0.2, 0.25) is 5.91 Å². The Morgan fingerprint density at radius 3 is 2.63 bits per heavy atom. The third kappa shape index (κ3) is 3.57. The van der Waals surface area contributed by atoms with Gasteiger partial charge in [0, 0.05) is 17.6 Å². The van der Waals surface area contributed by atoms with Crippen LogP contribution >= 0.6 is 0 Å². The number of nitrogens with one attached hydrogen (secondary N) is 1. The van der Waals surface area contributed by atoms with Crippen molar-refractivity contribution in [3.8, 4) is 5.95 Å². The SMILES string of the molecule is Cc1nnc(-n2c(C)cc3c(C(N)=O)cc(F)cc32)nc1NCc1cccc(F)c1. The highest BCUT2D eigenvalue weighted by atomic mass is 19.1. The van der Waals surface area contributed by atoms with Crippen LogP contribution in [-0.4, -0.2) is 25.7 Å². The minimum Gasteiger partial charge on any atom is -0.366 e. The largest absolute Gasteiger partial charge is 0.366 e. The van der Waals surface area contributed by atoms with E-state index in [1.165, 1.54) is 18.2 Å². The van der Waals surface area contributed by atoms with Crippen molar-refractivity contribution < 1.29 is 13.6 Å². The molecule has 0 bridgehead atoms. The Morgan fingerprint density at radius 1 is 1.10 bits per heavy atom. The Balaban J connectivity index is 1.76. The van der Waals surface area contributed by atoms with Gasteiger partial charge in [0.1, 0.15) is 17.3 Å². The Hall–Kier alpha value is -3.88. The number of carbonyl (C=O) groups excluding carboxylic acids is 1. The molecule has 2 aromatic heterocycles. The van der Waals surface area contributed by atoms with Crippen molar-refractivity contribution in [3.63, 3.8) is 0 Å². The van der Waals surface area contributed by atoms with Crippen molar-refractivity contribution in [2.24, 2.45) is 5.73 Å². The van der Waals surface area contributed by atoms with Gasteiger partial charge in [0.25, 0.3) is 5.95 Å². The average Bonchev–Trinajstić information content (AvgIpc) is 3.02. The molecule has 30 heavy (non-hydrogen) atoms. The Morgan fingerprint density at radius 2 is 1.90 bits per heavy atom. The lowest BCUT2D eigenvalue weighted by atomic mass is 10.1. The number of anilines is 1. The van der Waals surface area contributed by atoms with Gasteiger partial charge in [0.05, 0.1) is 11.1 Å². The molecule has 152 valence electrons. The number of carbonyl (C=O) groups is 1. The van der Waals surface area contributed by atoms with Crippen LogP contribution in [0.1, 0.15) is 27.3 Å². The first-order valence-electron chi connectivity index (χ1n) is 9.15. The van der Waals surface area contributed by atoms with Gasteiger partial charge in [-0.15, -0.1) is 10.2 Å². The molecule has 0 aliphatic carbocycles. The minimum absolute atomic E-state index is 0.0800. The molecule has 3 N–H and O–H groups in total. The molecule has 4 rings (SSSR count). The molecule has 9 heteroatoms. The zero-order valence-electron chi connectivity index (χ0n) is 16.3. The Kier molecular flexibility index (Phi) is 4.86. The van der Waals surface area contributed by atoms with E-state index >= 15 is 0 Å². The average molecular weight is 408 g/mol. The summed E-state index contributed by atoms with van der Waals surface area (Å²) >= 11 is 0. The fourth-order valence-electron chi connectivity index (χ4n) is 3.34. The van der Waals surface area contributed by atoms with E-state index in [0.29, 0.717) is 34.7 Å². The smallest absolute Gasteiger partial charge is 0.256 e. The molecule has 7 nitrogen and oxygen atoms in total. The van der Waals surface area contributed by atoms with E-state index < -0.39 is 11.7 Å². The first kappa shape index (κ1) is 19.4. The number of halogens is 2. The van der Waals surface area contributed by atoms with Crippen LogP contribution in [0.4, 0.5) is 14.6 Å². The summed E-state index contributed by atoms with van der Waals surface area (Å²) in [5.41, 5.74) is 7.86. The molecular formula is C21H18F2N6O. The maximum absolute atomic E-state index is 14.1. The van der Waals surface area contributed by atoms with E-state index in [9.17, 15) is 13.6 Å². The van der Waals surface area contributed by atoms with Gasteiger partial charge < -0.3 is 11.1 Å². The van der Waals surface area contributed by atoms with Crippen LogP contribution < -0.4 is 11.1 Å². The van der Waals surface area contributed by atoms with Gasteiger partial charge in [0.15, 0.2) is 5.82 Å². The van der Waals surface area contributed by atoms with Crippen LogP contribution in [0.15, 0.2) is 42.5 Å². The quantitative estimate of drug-likeness (QED) is 0.527. The molecule has 1 amide bonds. The summed E-state index contributed by atoms with van der Waals surface area (Å²) in [6.45, 7) is 3.86. The molecule has 0 aliphatic heterocycles. The van der Waals surface area contributed by atoms with E-state index in [1.54, 1.807) is 36.6 Å². The Labute approximate surface area is 170 Å². The lowest BCUT2D eigenvalue weighted by molar-refractivity contribution is 0.100. The first-order chi connectivity index (χ1) is 14.3. The molecule has 0 aliphatic rings. The van der Waals surface area contributed by atoms with Crippen molar-refractivity contribution in [3.05, 3.63) is 76.6 Å². The summed E-state index contributed by atoms with van der Waals surface area (Å²) in [5, 5.41) is 11.9. The molecule has 0 spiro atoms. The topological polar surface area (TPSA) is 98.7 Å². The normalized spacial score (nSPS) is 11.1. The fourth-order valence-corrected chi connectivity index (χ4v) is 3.34. The van der Waals surface area contributed by atoms with E-state index in [4.69, 9.17) is 5.73 Å². The molecule has 0 saturated carbocycles. The molecule has 4 aromatic rings. The van der Waals surface area contributed by atoms with Gasteiger partial charge in [-0.05, 0) is 49.7 Å². The van der Waals surface area contributed by atoms with Crippen molar-refractivity contribution in [1.29, 1.82) is 0 Å². The number of rotatable bonds is 5. The van der Waals surface area contributed by atoms with Gasteiger partial charge in [-0.1, -0.05) is 12.1 Å². The van der Waals surface area contributed by atoms with Gasteiger partial charge in [-0.3, -0.25) is 9.36 Å². The van der Waals surface area contributed by atoms with E-state index in [1.807, 2.05) is 0 Å². The molecular weight excluding hydrogens is 390 g/mol. The number of primary amides is 1. The van der Waals surface area contributed by atoms with E-state index in [2.05, 4.69) is 20.5 Å². The fraction of sp³-hybridized carbons (Fsp3) is 0.143. The van der Waals surface area contributed by atoms with Crippen LogP contribution in [0.25, 0.3) is 16.9 Å². The third-order valence-electron chi connectivity index (χ3n) is 4.73. The number of aryl methyl sites for hydroxylation is 2. The maximum atomic E-state index is 14.1. The second-order valence-electron chi connectivity index (χ2n) is 6.90. The van der Waals surface area contributed by atoms with E-state index in [-0.39, 0.29) is 17.3 Å². The number of amides is 1. The van der Waals surface area contributed by atoms with Crippen molar-refractivity contribution in [2.75, 3.05) is 5.32 Å². The maximum Gasteiger partial charge on any atom is 0.256 e.